The molecule has 2 aliphatic rings. The Kier molecular flexibility index (Phi) is 6.03. The molecule has 0 aliphatic carbocycles. The highest BCUT2D eigenvalue weighted by atomic mass is 32.2. The Bertz CT molecular complexity index is 1100. The predicted octanol–water partition coefficient (Wildman–Crippen LogP) is 0.507. The van der Waals surface area contributed by atoms with Crippen molar-refractivity contribution in [2.45, 2.75) is 23.8 Å². The fraction of sp³-hybridized carbons (Fsp3) is 0.368. The molecule has 2 aromatic rings. The third-order valence-electron chi connectivity index (χ3n) is 5.20. The number of likely N-dealkylation sites (tertiary alicyclic amines) is 1. The summed E-state index contributed by atoms with van der Waals surface area (Å²) in [5.41, 5.74) is 0.177. The first-order valence-corrected chi connectivity index (χ1v) is 12.1. The summed E-state index contributed by atoms with van der Waals surface area (Å²) >= 11 is 1.29. The molecule has 1 aromatic heterocycles. The van der Waals surface area contributed by atoms with E-state index in [2.05, 4.69) is 15.6 Å². The lowest BCUT2D eigenvalue weighted by atomic mass is 10.1. The summed E-state index contributed by atoms with van der Waals surface area (Å²) in [6, 6.07) is 5.07. The highest BCUT2D eigenvalue weighted by Crippen LogP contribution is 2.24. The van der Waals surface area contributed by atoms with Crippen molar-refractivity contribution in [2.24, 2.45) is 0 Å². The predicted molar refractivity (Wildman–Crippen MR) is 113 cm³/mol. The zero-order valence-corrected chi connectivity index (χ0v) is 18.1. The Balaban J connectivity index is 1.53. The van der Waals surface area contributed by atoms with Gasteiger partial charge in [-0.05, 0) is 31.0 Å². The van der Waals surface area contributed by atoms with E-state index in [4.69, 9.17) is 0 Å². The number of sulfonamides is 1. The van der Waals surface area contributed by atoms with E-state index in [-0.39, 0.29) is 41.9 Å². The van der Waals surface area contributed by atoms with Crippen LogP contribution in [0.5, 0.6) is 0 Å². The van der Waals surface area contributed by atoms with Crippen LogP contribution in [0, 0.1) is 0 Å². The summed E-state index contributed by atoms with van der Waals surface area (Å²) in [6.07, 6.45) is 2.77. The number of amides is 3. The molecule has 1 aromatic carbocycles. The summed E-state index contributed by atoms with van der Waals surface area (Å²) in [5, 5.41) is 7.51. The van der Waals surface area contributed by atoms with Crippen molar-refractivity contribution < 1.29 is 22.8 Å². The maximum absolute atomic E-state index is 13.1. The molecule has 2 N–H and O–H groups in total. The molecule has 0 bridgehead atoms. The van der Waals surface area contributed by atoms with Crippen LogP contribution in [0.3, 0.4) is 0 Å². The van der Waals surface area contributed by atoms with Gasteiger partial charge < -0.3 is 15.5 Å². The Morgan fingerprint density at radius 1 is 1.26 bits per heavy atom. The van der Waals surface area contributed by atoms with Gasteiger partial charge in [-0.1, -0.05) is 6.07 Å². The van der Waals surface area contributed by atoms with Crippen LogP contribution in [-0.4, -0.2) is 72.5 Å². The Morgan fingerprint density at radius 2 is 2.10 bits per heavy atom. The van der Waals surface area contributed by atoms with E-state index in [0.29, 0.717) is 24.5 Å². The van der Waals surface area contributed by atoms with Crippen LogP contribution >= 0.6 is 11.3 Å². The molecule has 3 heterocycles. The second-order valence-electron chi connectivity index (χ2n) is 7.20. The zero-order chi connectivity index (χ0) is 22.0. The number of carbonyl (C=O) groups excluding carboxylic acids is 3. The van der Waals surface area contributed by atoms with Crippen molar-refractivity contribution >= 4 is 44.2 Å². The molecule has 31 heavy (non-hydrogen) atoms. The van der Waals surface area contributed by atoms with Gasteiger partial charge in [0.1, 0.15) is 6.04 Å². The molecule has 1 atom stereocenters. The van der Waals surface area contributed by atoms with E-state index in [1.807, 2.05) is 0 Å². The third-order valence-corrected chi connectivity index (χ3v) is 7.73. The summed E-state index contributed by atoms with van der Waals surface area (Å²) in [6.45, 7) is 0.543. The lowest BCUT2D eigenvalue weighted by Gasteiger charge is -2.26. The molecule has 4 rings (SSSR count). The largest absolute Gasteiger partial charge is 0.354 e. The maximum Gasteiger partial charge on any atom is 0.254 e. The van der Waals surface area contributed by atoms with Crippen LogP contribution < -0.4 is 10.6 Å². The van der Waals surface area contributed by atoms with Crippen LogP contribution in [0.15, 0.2) is 40.7 Å². The van der Waals surface area contributed by atoms with Crippen molar-refractivity contribution in [1.82, 2.24) is 19.5 Å². The lowest BCUT2D eigenvalue weighted by Crippen LogP contribution is -2.49. The van der Waals surface area contributed by atoms with Crippen LogP contribution in [-0.2, 0) is 19.6 Å². The number of hydrogen-bond acceptors (Lipinski definition) is 7. The Labute approximate surface area is 183 Å². The summed E-state index contributed by atoms with van der Waals surface area (Å²) in [5.74, 6) is -1.10. The lowest BCUT2D eigenvalue weighted by molar-refractivity contribution is -0.122. The molecule has 0 radical (unpaired) electrons. The molecule has 12 heteroatoms. The van der Waals surface area contributed by atoms with E-state index >= 15 is 0 Å². The van der Waals surface area contributed by atoms with Crippen LogP contribution in [0.2, 0.25) is 0 Å². The Morgan fingerprint density at radius 3 is 2.84 bits per heavy atom. The number of hydrogen-bond donors (Lipinski definition) is 2. The van der Waals surface area contributed by atoms with Crippen molar-refractivity contribution in [1.29, 1.82) is 0 Å². The molecule has 2 saturated heterocycles. The maximum atomic E-state index is 13.1. The van der Waals surface area contributed by atoms with Crippen molar-refractivity contribution in [3.63, 3.8) is 0 Å². The summed E-state index contributed by atoms with van der Waals surface area (Å²) in [7, 11) is -3.92. The van der Waals surface area contributed by atoms with Crippen molar-refractivity contribution in [3.05, 3.63) is 41.4 Å². The van der Waals surface area contributed by atoms with Gasteiger partial charge in [0, 0.05) is 36.8 Å². The summed E-state index contributed by atoms with van der Waals surface area (Å²) < 4.78 is 27.0. The highest BCUT2D eigenvalue weighted by molar-refractivity contribution is 7.89. The number of aromatic nitrogens is 1. The van der Waals surface area contributed by atoms with E-state index in [1.165, 1.54) is 40.5 Å². The third kappa shape index (κ3) is 4.45. The molecular formula is C19H21N5O5S2. The fourth-order valence-electron chi connectivity index (χ4n) is 3.68. The average Bonchev–Trinajstić information content (AvgIpc) is 3.45. The first-order chi connectivity index (χ1) is 14.9. The van der Waals surface area contributed by atoms with E-state index in [9.17, 15) is 22.8 Å². The second-order valence-corrected chi connectivity index (χ2v) is 10.0. The zero-order valence-electron chi connectivity index (χ0n) is 16.5. The topological polar surface area (TPSA) is 129 Å². The fourth-order valence-corrected chi connectivity index (χ4v) is 5.66. The number of anilines is 1. The molecule has 0 saturated carbocycles. The van der Waals surface area contributed by atoms with Crippen LogP contribution in [0.25, 0.3) is 0 Å². The first kappa shape index (κ1) is 21.4. The monoisotopic (exact) mass is 463 g/mol. The van der Waals surface area contributed by atoms with Gasteiger partial charge in [0.2, 0.25) is 21.8 Å². The second kappa shape index (κ2) is 8.73. The van der Waals surface area contributed by atoms with E-state index in [0.717, 1.165) is 4.31 Å². The van der Waals surface area contributed by atoms with Gasteiger partial charge in [-0.15, -0.1) is 11.3 Å². The Hall–Kier alpha value is -2.83. The van der Waals surface area contributed by atoms with Gasteiger partial charge >= 0.3 is 0 Å². The molecule has 10 nitrogen and oxygen atoms in total. The smallest absolute Gasteiger partial charge is 0.254 e. The number of rotatable bonds is 5. The average molecular weight is 464 g/mol. The van der Waals surface area contributed by atoms with Gasteiger partial charge in [0.25, 0.3) is 5.91 Å². The highest BCUT2D eigenvalue weighted by Gasteiger charge is 2.36. The molecule has 2 fully saturated rings. The van der Waals surface area contributed by atoms with Gasteiger partial charge in [0.15, 0.2) is 5.13 Å². The van der Waals surface area contributed by atoms with E-state index < -0.39 is 22.0 Å². The molecule has 164 valence electrons. The number of thiazole rings is 1. The molecule has 3 amide bonds. The molecule has 0 spiro atoms. The van der Waals surface area contributed by atoms with Gasteiger partial charge in [-0.25, -0.2) is 13.4 Å². The number of piperazine rings is 1. The number of nitrogens with zero attached hydrogens (tertiary/aromatic N) is 3. The SMILES string of the molecule is O=C1CN(S(=O)(=O)c2cccc(C(=O)N3CCCC3C(=O)Nc3nccs3)c2)CCN1. The minimum Gasteiger partial charge on any atom is -0.354 e. The van der Waals surface area contributed by atoms with Crippen molar-refractivity contribution in [2.75, 3.05) is 31.5 Å². The van der Waals surface area contributed by atoms with Gasteiger partial charge in [0.05, 0.1) is 11.4 Å². The number of nitrogens with one attached hydrogen (secondary N) is 2. The summed E-state index contributed by atoms with van der Waals surface area (Å²) in [4.78, 5) is 42.8. The quantitative estimate of drug-likeness (QED) is 0.665. The van der Waals surface area contributed by atoms with Crippen molar-refractivity contribution in [3.8, 4) is 0 Å². The minimum atomic E-state index is -3.92. The van der Waals surface area contributed by atoms with Crippen LogP contribution in [0.4, 0.5) is 5.13 Å². The first-order valence-electron chi connectivity index (χ1n) is 9.74. The van der Waals surface area contributed by atoms with E-state index in [1.54, 1.807) is 11.6 Å². The number of carbonyl (C=O) groups is 3. The minimum absolute atomic E-state index is 0.0592. The molecular weight excluding hydrogens is 442 g/mol. The van der Waals surface area contributed by atoms with Crippen LogP contribution in [0.1, 0.15) is 23.2 Å². The number of benzene rings is 1. The molecule has 1 unspecified atom stereocenters. The van der Waals surface area contributed by atoms with Gasteiger partial charge in [-0.3, -0.25) is 14.4 Å². The standard InChI is InChI=1S/C19H21N5O5S2/c25-16-12-23(9-6-20-16)31(28,29)14-4-1-3-13(11-14)18(27)24-8-2-5-15(24)17(26)22-19-21-7-10-30-19/h1,3-4,7,10-11,15H,2,5-6,8-9,12H2,(H,20,25)(H,21,22,26). The van der Waals surface area contributed by atoms with Gasteiger partial charge in [-0.2, -0.15) is 4.31 Å². The molecule has 2 aliphatic heterocycles. The normalized spacial score (nSPS) is 19.8.